The van der Waals surface area contributed by atoms with Crippen molar-refractivity contribution in [2.24, 2.45) is 0 Å². The second-order valence-corrected chi connectivity index (χ2v) is 12.2. The molecule has 2 aromatic carbocycles. The standard InChI is InChI=1S/C33H38F3N2O7/c1-20(18-38(29(39)43-31(4,5)6)45-30(40)44-32(7,8)9)21(2)24-11-10-12-26(17-24)41-19-27-22(3)42-28(37-27)23-13-15-25(16-14-23)33(34,35)36/h10-18H,19H2,1-9H3/q+1/b21-20+,38-18-. The van der Waals surface area contributed by atoms with Crippen LogP contribution >= 0.6 is 0 Å². The number of rotatable bonds is 6. The van der Waals surface area contributed by atoms with Gasteiger partial charge in [0.15, 0.2) is 0 Å². The van der Waals surface area contributed by atoms with E-state index in [9.17, 15) is 22.8 Å². The van der Waals surface area contributed by atoms with Crippen LogP contribution in [-0.4, -0.2) is 39.4 Å². The fourth-order valence-electron chi connectivity index (χ4n) is 3.73. The lowest BCUT2D eigenvalue weighted by molar-refractivity contribution is -0.694. The largest absolute Gasteiger partial charge is 0.647 e. The Morgan fingerprint density at radius 1 is 0.933 bits per heavy atom. The third kappa shape index (κ3) is 10.5. The van der Waals surface area contributed by atoms with Crippen molar-refractivity contribution < 1.29 is 51.0 Å². The van der Waals surface area contributed by atoms with E-state index in [1.54, 1.807) is 73.6 Å². The van der Waals surface area contributed by atoms with Gasteiger partial charge >= 0.3 is 18.4 Å². The lowest BCUT2D eigenvalue weighted by Crippen LogP contribution is -2.35. The van der Waals surface area contributed by atoms with Crippen LogP contribution in [0.5, 0.6) is 5.75 Å². The Kier molecular flexibility index (Phi) is 10.5. The third-order valence-electron chi connectivity index (χ3n) is 6.03. The summed E-state index contributed by atoms with van der Waals surface area (Å²) in [6.45, 7) is 15.4. The van der Waals surface area contributed by atoms with E-state index in [1.807, 2.05) is 13.0 Å². The fourth-order valence-corrected chi connectivity index (χ4v) is 3.73. The van der Waals surface area contributed by atoms with Crippen LogP contribution in [0.4, 0.5) is 22.8 Å². The Hall–Kier alpha value is -4.61. The third-order valence-corrected chi connectivity index (χ3v) is 6.03. The number of allylic oxidation sites excluding steroid dienone is 2. The molecule has 3 rings (SSSR count). The highest BCUT2D eigenvalue weighted by Crippen LogP contribution is 2.31. The second-order valence-electron chi connectivity index (χ2n) is 12.2. The predicted molar refractivity (Wildman–Crippen MR) is 161 cm³/mol. The van der Waals surface area contributed by atoms with Gasteiger partial charge in [0.1, 0.15) is 39.8 Å². The number of halogens is 3. The summed E-state index contributed by atoms with van der Waals surface area (Å²) >= 11 is 0. The number of amides is 1. The summed E-state index contributed by atoms with van der Waals surface area (Å²) in [4.78, 5) is 34.8. The van der Waals surface area contributed by atoms with Gasteiger partial charge in [0.05, 0.1) is 5.56 Å². The minimum Gasteiger partial charge on any atom is -0.487 e. The van der Waals surface area contributed by atoms with E-state index >= 15 is 0 Å². The lowest BCUT2D eigenvalue weighted by Gasteiger charge is -2.18. The smallest absolute Gasteiger partial charge is 0.487 e. The molecule has 0 radical (unpaired) electrons. The maximum absolute atomic E-state index is 12.9. The molecule has 0 N–H and O–H groups in total. The van der Waals surface area contributed by atoms with Crippen LogP contribution in [0, 0.1) is 6.92 Å². The van der Waals surface area contributed by atoms with E-state index < -0.39 is 35.2 Å². The fraction of sp³-hybridized carbons (Fsp3) is 0.394. The number of nitrogens with zero attached hydrogens (tertiary/aromatic N) is 2. The van der Waals surface area contributed by atoms with Crippen LogP contribution in [0.2, 0.25) is 0 Å². The van der Waals surface area contributed by atoms with Crippen molar-refractivity contribution in [1.29, 1.82) is 0 Å². The molecule has 0 unspecified atom stereocenters. The van der Waals surface area contributed by atoms with Crippen molar-refractivity contribution in [3.8, 4) is 17.2 Å². The minimum atomic E-state index is -4.44. The van der Waals surface area contributed by atoms with E-state index in [2.05, 4.69) is 4.98 Å². The Morgan fingerprint density at radius 2 is 1.56 bits per heavy atom. The summed E-state index contributed by atoms with van der Waals surface area (Å²) in [5.41, 5.74) is 0.515. The van der Waals surface area contributed by atoms with Gasteiger partial charge in [0.2, 0.25) is 12.1 Å². The Balaban J connectivity index is 1.80. The summed E-state index contributed by atoms with van der Waals surface area (Å²) in [6, 6.07) is 11.7. The zero-order valence-electron chi connectivity index (χ0n) is 26.8. The first-order valence-electron chi connectivity index (χ1n) is 14.0. The van der Waals surface area contributed by atoms with Crippen LogP contribution in [0.3, 0.4) is 0 Å². The van der Waals surface area contributed by atoms with Gasteiger partial charge in [0, 0.05) is 11.1 Å². The average Bonchev–Trinajstić information content (AvgIpc) is 3.29. The van der Waals surface area contributed by atoms with Crippen molar-refractivity contribution in [3.63, 3.8) is 0 Å². The summed E-state index contributed by atoms with van der Waals surface area (Å²) in [5, 5.41) is 0. The molecule has 0 fully saturated rings. The van der Waals surface area contributed by atoms with Crippen molar-refractivity contribution in [2.75, 3.05) is 0 Å². The number of carbonyl (C=O) groups is 2. The molecule has 0 saturated carbocycles. The Morgan fingerprint density at radius 3 is 2.13 bits per heavy atom. The summed E-state index contributed by atoms with van der Waals surface area (Å²) in [6.07, 6.45) is -5.08. The van der Waals surface area contributed by atoms with Crippen LogP contribution in [0.1, 0.15) is 78.0 Å². The molecule has 0 atom stereocenters. The molecule has 0 aliphatic carbocycles. The summed E-state index contributed by atoms with van der Waals surface area (Å²) in [7, 11) is 0. The van der Waals surface area contributed by atoms with Crippen molar-refractivity contribution in [2.45, 2.75) is 86.3 Å². The van der Waals surface area contributed by atoms with Gasteiger partial charge in [-0.25, -0.2) is 4.98 Å². The SMILES string of the molecule is CC(/C=[N+](\OC(=O)OC(C)(C)C)C(=O)OC(C)(C)C)=C(/C)c1cccc(OCc2nc(-c3ccc(C(F)(F)F)cc3)oc2C)c1. The molecule has 12 heteroatoms. The minimum absolute atomic E-state index is 0.0451. The zero-order valence-corrected chi connectivity index (χ0v) is 26.8. The van der Waals surface area contributed by atoms with E-state index in [0.717, 1.165) is 23.3 Å². The number of benzene rings is 2. The maximum Gasteiger partial charge on any atom is 0.647 e. The Labute approximate surface area is 260 Å². The lowest BCUT2D eigenvalue weighted by atomic mass is 10.0. The number of aryl methyl sites for hydroxylation is 1. The number of hydrogen-bond acceptors (Lipinski definition) is 8. The number of hydrogen-bond donors (Lipinski definition) is 0. The highest BCUT2D eigenvalue weighted by molar-refractivity contribution is 5.89. The van der Waals surface area contributed by atoms with Crippen LogP contribution in [0.15, 0.2) is 58.5 Å². The topological polar surface area (TPSA) is 100 Å². The first kappa shape index (κ1) is 34.9. The van der Waals surface area contributed by atoms with Gasteiger partial charge in [-0.05, 0) is 110 Å². The number of alkyl halides is 3. The second kappa shape index (κ2) is 13.6. The molecule has 0 saturated heterocycles. The van der Waals surface area contributed by atoms with Crippen LogP contribution in [-0.2, 0) is 27.1 Å². The van der Waals surface area contributed by atoms with Gasteiger partial charge in [-0.1, -0.05) is 12.1 Å². The van der Waals surface area contributed by atoms with E-state index in [1.165, 1.54) is 18.3 Å². The molecule has 9 nitrogen and oxygen atoms in total. The normalized spacial score (nSPS) is 13.2. The molecule has 1 amide bonds. The molecule has 1 heterocycles. The highest BCUT2D eigenvalue weighted by atomic mass is 19.4. The summed E-state index contributed by atoms with van der Waals surface area (Å²) < 4.78 is 61.6. The van der Waals surface area contributed by atoms with E-state index in [4.69, 9.17) is 23.5 Å². The zero-order chi connectivity index (χ0) is 33.7. The molecule has 0 aliphatic heterocycles. The number of hydroxylamine groups is 1. The molecular formula is C33H38F3N2O7+. The molecular weight excluding hydrogens is 593 g/mol. The van der Waals surface area contributed by atoms with Gasteiger partial charge in [-0.2, -0.15) is 22.8 Å². The Bertz CT molecular complexity index is 1590. The maximum atomic E-state index is 12.9. The average molecular weight is 632 g/mol. The first-order valence-corrected chi connectivity index (χ1v) is 14.0. The van der Waals surface area contributed by atoms with Crippen molar-refractivity contribution in [3.05, 3.63) is 76.7 Å². The van der Waals surface area contributed by atoms with Gasteiger partial charge in [-0.3, -0.25) is 0 Å². The monoisotopic (exact) mass is 631 g/mol. The molecule has 0 spiro atoms. The molecule has 3 aromatic rings. The number of aromatic nitrogens is 1. The highest BCUT2D eigenvalue weighted by Gasteiger charge is 2.34. The quantitative estimate of drug-likeness (QED) is 0.0874. The number of ether oxygens (including phenoxy) is 3. The van der Waals surface area contributed by atoms with Gasteiger partial charge in [-0.15, -0.1) is 4.84 Å². The summed E-state index contributed by atoms with van der Waals surface area (Å²) in [5.74, 6) is 1.16. The number of oxazole rings is 1. The first-order chi connectivity index (χ1) is 20.7. The van der Waals surface area contributed by atoms with Crippen LogP contribution < -0.4 is 4.74 Å². The number of carbonyl (C=O) groups excluding carboxylic acids is 2. The molecule has 45 heavy (non-hydrogen) atoms. The van der Waals surface area contributed by atoms with E-state index in [-0.39, 0.29) is 12.5 Å². The molecule has 242 valence electrons. The van der Waals surface area contributed by atoms with Crippen molar-refractivity contribution >= 4 is 24.0 Å². The van der Waals surface area contributed by atoms with Crippen LogP contribution in [0.25, 0.3) is 17.0 Å². The molecule has 0 bridgehead atoms. The van der Waals surface area contributed by atoms with Gasteiger partial charge < -0.3 is 18.6 Å². The molecule has 0 aliphatic rings. The predicted octanol–water partition coefficient (Wildman–Crippen LogP) is 8.93. The van der Waals surface area contributed by atoms with E-state index in [0.29, 0.717) is 33.1 Å². The molecule has 1 aromatic heterocycles. The van der Waals surface area contributed by atoms with Crippen molar-refractivity contribution in [1.82, 2.24) is 4.98 Å². The van der Waals surface area contributed by atoms with Gasteiger partial charge in [0.25, 0.3) is 0 Å².